The highest BCUT2D eigenvalue weighted by Crippen LogP contribution is 2.27. The summed E-state index contributed by atoms with van der Waals surface area (Å²) in [6.45, 7) is 6.21. The van der Waals surface area contributed by atoms with E-state index >= 15 is 0 Å². The molecule has 0 heterocycles. The molecule has 0 spiro atoms. The van der Waals surface area contributed by atoms with Crippen molar-refractivity contribution in [1.29, 1.82) is 0 Å². The predicted molar refractivity (Wildman–Crippen MR) is 110 cm³/mol. The van der Waals surface area contributed by atoms with Crippen LogP contribution in [-0.2, 0) is 4.79 Å². The molecule has 0 bridgehead atoms. The number of carbonyl (C=O) groups is 1. The van der Waals surface area contributed by atoms with Crippen LogP contribution in [0.3, 0.4) is 0 Å². The Morgan fingerprint density at radius 2 is 1.81 bits per heavy atom. The van der Waals surface area contributed by atoms with Crippen molar-refractivity contribution in [3.8, 4) is 0 Å². The van der Waals surface area contributed by atoms with Gasteiger partial charge in [0.05, 0.1) is 17.3 Å². The second-order valence-electron chi connectivity index (χ2n) is 6.66. The highest BCUT2D eigenvalue weighted by molar-refractivity contribution is 6.34. The van der Waals surface area contributed by atoms with Crippen LogP contribution in [0, 0.1) is 13.8 Å². The molecule has 2 N–H and O–H groups in total. The Morgan fingerprint density at radius 3 is 2.58 bits per heavy atom. The average molecular weight is 367 g/mol. The normalized spacial score (nSPS) is 12.2. The molecule has 1 amide bonds. The summed E-state index contributed by atoms with van der Waals surface area (Å²) in [5, 5.41) is 9.19. The molecule has 3 rings (SSSR count). The van der Waals surface area contributed by atoms with Crippen molar-refractivity contribution < 1.29 is 4.79 Å². The molecule has 26 heavy (non-hydrogen) atoms. The molecule has 3 aromatic rings. The van der Waals surface area contributed by atoms with Crippen molar-refractivity contribution in [3.63, 3.8) is 0 Å². The molecule has 0 fully saturated rings. The van der Waals surface area contributed by atoms with E-state index in [4.69, 9.17) is 11.6 Å². The molecule has 0 aliphatic carbocycles. The Labute approximate surface area is 159 Å². The maximum absolute atomic E-state index is 12.4. The molecule has 3 aromatic carbocycles. The van der Waals surface area contributed by atoms with Crippen LogP contribution in [0.2, 0.25) is 5.02 Å². The number of anilines is 1. The van der Waals surface area contributed by atoms with Crippen LogP contribution in [0.4, 0.5) is 5.69 Å². The van der Waals surface area contributed by atoms with Crippen molar-refractivity contribution in [2.75, 3.05) is 11.9 Å². The fraction of sp³-hybridized carbons (Fsp3) is 0.227. The van der Waals surface area contributed by atoms with Gasteiger partial charge in [-0.15, -0.1) is 0 Å². The fourth-order valence-corrected chi connectivity index (χ4v) is 3.61. The lowest BCUT2D eigenvalue weighted by Gasteiger charge is -2.17. The van der Waals surface area contributed by atoms with Gasteiger partial charge >= 0.3 is 0 Å². The first-order valence-corrected chi connectivity index (χ1v) is 9.11. The fourth-order valence-electron chi connectivity index (χ4n) is 3.24. The standard InChI is InChI=1S/C22H23ClN2O/c1-14-11-15(2)22(20(23)12-14)25-21(26)13-24-16(3)18-10-6-8-17-7-4-5-9-19(17)18/h4-12,16,24H,13H2,1-3H3,(H,25,26)/t16-/m1/s1. The quantitative estimate of drug-likeness (QED) is 0.634. The van der Waals surface area contributed by atoms with E-state index in [0.29, 0.717) is 10.7 Å². The summed E-state index contributed by atoms with van der Waals surface area (Å²) in [5.74, 6) is -0.106. The van der Waals surface area contributed by atoms with Gasteiger partial charge in [-0.2, -0.15) is 0 Å². The van der Waals surface area contributed by atoms with E-state index in [9.17, 15) is 4.79 Å². The minimum atomic E-state index is -0.106. The molecular weight excluding hydrogens is 344 g/mol. The van der Waals surface area contributed by atoms with Crippen molar-refractivity contribution in [2.24, 2.45) is 0 Å². The van der Waals surface area contributed by atoms with Gasteiger partial charge in [-0.05, 0) is 54.3 Å². The van der Waals surface area contributed by atoms with E-state index in [1.807, 2.05) is 44.2 Å². The van der Waals surface area contributed by atoms with Crippen LogP contribution >= 0.6 is 11.6 Å². The summed E-state index contributed by atoms with van der Waals surface area (Å²) < 4.78 is 0. The molecule has 0 unspecified atom stereocenters. The van der Waals surface area contributed by atoms with Crippen LogP contribution in [0.25, 0.3) is 10.8 Å². The maximum atomic E-state index is 12.4. The van der Waals surface area contributed by atoms with Crippen LogP contribution in [-0.4, -0.2) is 12.5 Å². The molecular formula is C22H23ClN2O. The van der Waals surface area contributed by atoms with Gasteiger partial charge in [0.2, 0.25) is 5.91 Å². The Morgan fingerprint density at radius 1 is 1.08 bits per heavy atom. The summed E-state index contributed by atoms with van der Waals surface area (Å²) in [6, 6.07) is 18.4. The molecule has 0 aliphatic rings. The van der Waals surface area contributed by atoms with Crippen molar-refractivity contribution in [2.45, 2.75) is 26.8 Å². The third-order valence-corrected chi connectivity index (χ3v) is 4.85. The first-order chi connectivity index (χ1) is 12.5. The lowest BCUT2D eigenvalue weighted by Crippen LogP contribution is -2.30. The zero-order valence-electron chi connectivity index (χ0n) is 15.3. The lowest BCUT2D eigenvalue weighted by molar-refractivity contribution is -0.115. The summed E-state index contributed by atoms with van der Waals surface area (Å²) >= 11 is 6.27. The number of nitrogens with one attached hydrogen (secondary N) is 2. The SMILES string of the molecule is Cc1cc(C)c(NC(=O)CN[C@H](C)c2cccc3ccccc23)c(Cl)c1. The molecule has 0 aromatic heterocycles. The van der Waals surface area contributed by atoms with Crippen molar-refractivity contribution >= 4 is 34.0 Å². The number of hydrogen-bond donors (Lipinski definition) is 2. The number of benzene rings is 3. The van der Waals surface area contributed by atoms with E-state index in [0.717, 1.165) is 11.1 Å². The number of rotatable bonds is 5. The minimum Gasteiger partial charge on any atom is -0.323 e. The molecule has 0 aliphatic heterocycles. The van der Waals surface area contributed by atoms with Gasteiger partial charge in [-0.25, -0.2) is 0 Å². The smallest absolute Gasteiger partial charge is 0.238 e. The lowest BCUT2D eigenvalue weighted by atomic mass is 10.00. The van der Waals surface area contributed by atoms with Crippen LogP contribution in [0.1, 0.15) is 29.7 Å². The predicted octanol–water partition coefficient (Wildman–Crippen LogP) is 5.40. The van der Waals surface area contributed by atoms with Gasteiger partial charge < -0.3 is 10.6 Å². The zero-order chi connectivity index (χ0) is 18.7. The van der Waals surface area contributed by atoms with Gasteiger partial charge in [-0.3, -0.25) is 4.79 Å². The second-order valence-corrected chi connectivity index (χ2v) is 7.06. The summed E-state index contributed by atoms with van der Waals surface area (Å²) in [7, 11) is 0. The number of carbonyl (C=O) groups excluding carboxylic acids is 1. The van der Waals surface area contributed by atoms with E-state index in [1.54, 1.807) is 0 Å². The Bertz CT molecular complexity index is 924. The van der Waals surface area contributed by atoms with E-state index < -0.39 is 0 Å². The van der Waals surface area contributed by atoms with Gasteiger partial charge in [0.1, 0.15) is 0 Å². The van der Waals surface area contributed by atoms with Crippen LogP contribution in [0.5, 0.6) is 0 Å². The third-order valence-electron chi connectivity index (χ3n) is 4.55. The molecule has 0 radical (unpaired) electrons. The number of amides is 1. The van der Waals surface area contributed by atoms with Gasteiger partial charge in [0.25, 0.3) is 0 Å². The molecule has 3 nitrogen and oxygen atoms in total. The van der Waals surface area contributed by atoms with Gasteiger partial charge in [0.15, 0.2) is 0 Å². The Balaban J connectivity index is 1.68. The maximum Gasteiger partial charge on any atom is 0.238 e. The van der Waals surface area contributed by atoms with E-state index in [-0.39, 0.29) is 18.5 Å². The minimum absolute atomic E-state index is 0.0569. The zero-order valence-corrected chi connectivity index (χ0v) is 16.0. The summed E-state index contributed by atoms with van der Waals surface area (Å²) in [6.07, 6.45) is 0. The second kappa shape index (κ2) is 7.90. The largest absolute Gasteiger partial charge is 0.323 e. The summed E-state index contributed by atoms with van der Waals surface area (Å²) in [5.41, 5.74) is 3.90. The molecule has 1 atom stereocenters. The number of aryl methyl sites for hydroxylation is 2. The highest BCUT2D eigenvalue weighted by Gasteiger charge is 2.13. The Kier molecular flexibility index (Phi) is 5.60. The molecule has 134 valence electrons. The van der Waals surface area contributed by atoms with Gasteiger partial charge in [0, 0.05) is 6.04 Å². The number of hydrogen-bond acceptors (Lipinski definition) is 2. The topological polar surface area (TPSA) is 41.1 Å². The number of fused-ring (bicyclic) bond motifs is 1. The molecule has 4 heteroatoms. The summed E-state index contributed by atoms with van der Waals surface area (Å²) in [4.78, 5) is 12.4. The first-order valence-electron chi connectivity index (χ1n) is 8.73. The first kappa shape index (κ1) is 18.4. The van der Waals surface area contributed by atoms with Gasteiger partial charge in [-0.1, -0.05) is 60.1 Å². The monoisotopic (exact) mass is 366 g/mol. The van der Waals surface area contributed by atoms with E-state index in [1.165, 1.54) is 16.3 Å². The van der Waals surface area contributed by atoms with Crippen LogP contribution in [0.15, 0.2) is 54.6 Å². The van der Waals surface area contributed by atoms with Crippen LogP contribution < -0.4 is 10.6 Å². The molecule has 0 saturated heterocycles. The van der Waals surface area contributed by atoms with Crippen molar-refractivity contribution in [1.82, 2.24) is 5.32 Å². The average Bonchev–Trinajstić information content (AvgIpc) is 2.62. The van der Waals surface area contributed by atoms with E-state index in [2.05, 4.69) is 41.8 Å². The Hall–Kier alpha value is -2.36. The molecule has 0 saturated carbocycles. The highest BCUT2D eigenvalue weighted by atomic mass is 35.5. The van der Waals surface area contributed by atoms with Crippen molar-refractivity contribution in [3.05, 3.63) is 76.3 Å². The third kappa shape index (κ3) is 4.06. The number of halogens is 1.